The van der Waals surface area contributed by atoms with Crippen molar-refractivity contribution in [2.45, 2.75) is 5.75 Å². The smallest absolute Gasteiger partial charge is 0.275 e. The monoisotopic (exact) mass is 325 g/mol. The molecule has 116 valence electrons. The number of anilines is 1. The molecule has 0 unspecified atom stereocenters. The predicted molar refractivity (Wildman–Crippen MR) is 90.8 cm³/mol. The van der Waals surface area contributed by atoms with E-state index in [2.05, 4.69) is 20.4 Å². The Hall–Kier alpha value is -2.67. The quantitative estimate of drug-likeness (QED) is 0.781. The van der Waals surface area contributed by atoms with E-state index in [-0.39, 0.29) is 5.91 Å². The van der Waals surface area contributed by atoms with Crippen LogP contribution in [-0.2, 0) is 5.75 Å². The van der Waals surface area contributed by atoms with Crippen molar-refractivity contribution in [3.05, 3.63) is 66.2 Å². The van der Waals surface area contributed by atoms with Gasteiger partial charge in [0.2, 0.25) is 0 Å². The summed E-state index contributed by atoms with van der Waals surface area (Å²) in [5.74, 6) is 1.69. The molecule has 6 nitrogen and oxygen atoms in total. The fourth-order valence-corrected chi connectivity index (χ4v) is 2.57. The Morgan fingerprint density at radius 2 is 2.17 bits per heavy atom. The van der Waals surface area contributed by atoms with Crippen LogP contribution in [0.2, 0.25) is 0 Å². The summed E-state index contributed by atoms with van der Waals surface area (Å²) in [7, 11) is 0. The van der Waals surface area contributed by atoms with E-state index in [0.717, 1.165) is 11.3 Å². The maximum Gasteiger partial charge on any atom is 0.275 e. The highest BCUT2D eigenvalue weighted by atomic mass is 32.2. The van der Waals surface area contributed by atoms with E-state index >= 15 is 0 Å². The molecule has 3 aromatic rings. The Morgan fingerprint density at radius 1 is 1.26 bits per heavy atom. The van der Waals surface area contributed by atoms with Crippen molar-refractivity contribution in [1.29, 1.82) is 0 Å². The Balaban J connectivity index is 1.78. The highest BCUT2D eigenvalue weighted by molar-refractivity contribution is 7.97. The summed E-state index contributed by atoms with van der Waals surface area (Å²) in [4.78, 5) is 20.9. The minimum atomic E-state index is -0.298. The lowest BCUT2D eigenvalue weighted by atomic mass is 10.3. The van der Waals surface area contributed by atoms with Crippen LogP contribution in [0.3, 0.4) is 0 Å². The van der Waals surface area contributed by atoms with Crippen molar-refractivity contribution in [3.8, 4) is 5.82 Å². The average Bonchev–Trinajstić information content (AvgIpc) is 3.10. The number of pyridine rings is 2. The van der Waals surface area contributed by atoms with Gasteiger partial charge in [-0.25, -0.2) is 14.6 Å². The van der Waals surface area contributed by atoms with E-state index in [1.807, 2.05) is 18.4 Å². The zero-order chi connectivity index (χ0) is 16.1. The van der Waals surface area contributed by atoms with Crippen LogP contribution in [0.1, 0.15) is 16.1 Å². The molecule has 0 aromatic carbocycles. The van der Waals surface area contributed by atoms with E-state index in [4.69, 9.17) is 0 Å². The van der Waals surface area contributed by atoms with E-state index in [1.54, 1.807) is 59.3 Å². The largest absolute Gasteiger partial charge is 0.305 e. The SMILES string of the molecule is CSCc1ccnc(NC(=O)c2cccc(-n3cccn3)n2)c1. The summed E-state index contributed by atoms with van der Waals surface area (Å²) < 4.78 is 1.61. The van der Waals surface area contributed by atoms with Gasteiger partial charge in [0.15, 0.2) is 5.82 Å². The summed E-state index contributed by atoms with van der Waals surface area (Å²) in [5, 5.41) is 6.89. The van der Waals surface area contributed by atoms with Crippen molar-refractivity contribution in [1.82, 2.24) is 19.7 Å². The molecule has 0 aliphatic rings. The van der Waals surface area contributed by atoms with Gasteiger partial charge in [-0.1, -0.05) is 6.07 Å². The zero-order valence-corrected chi connectivity index (χ0v) is 13.3. The standard InChI is InChI=1S/C16H15N5OS/c1-23-11-12-6-8-17-14(10-12)20-16(22)13-4-2-5-15(19-13)21-9-3-7-18-21/h2-10H,11H2,1H3,(H,17,20,22). The topological polar surface area (TPSA) is 72.7 Å². The van der Waals surface area contributed by atoms with Crippen molar-refractivity contribution in [2.75, 3.05) is 11.6 Å². The first kappa shape index (κ1) is 15.2. The van der Waals surface area contributed by atoms with Crippen LogP contribution in [0.15, 0.2) is 55.0 Å². The summed E-state index contributed by atoms with van der Waals surface area (Å²) >= 11 is 1.72. The second-order valence-corrected chi connectivity index (χ2v) is 5.63. The number of amides is 1. The highest BCUT2D eigenvalue weighted by Crippen LogP contribution is 2.13. The first-order chi connectivity index (χ1) is 11.3. The van der Waals surface area contributed by atoms with E-state index in [1.165, 1.54) is 0 Å². The number of aromatic nitrogens is 4. The van der Waals surface area contributed by atoms with Gasteiger partial charge < -0.3 is 5.32 Å². The molecule has 1 amide bonds. The highest BCUT2D eigenvalue weighted by Gasteiger charge is 2.10. The van der Waals surface area contributed by atoms with Crippen LogP contribution in [0.25, 0.3) is 5.82 Å². The Kier molecular flexibility index (Phi) is 4.68. The molecule has 0 saturated heterocycles. The average molecular weight is 325 g/mol. The number of hydrogen-bond acceptors (Lipinski definition) is 5. The Labute approximate surface area is 138 Å². The first-order valence-electron chi connectivity index (χ1n) is 6.98. The molecule has 0 bridgehead atoms. The Morgan fingerprint density at radius 3 is 2.96 bits per heavy atom. The molecule has 0 aliphatic heterocycles. The fraction of sp³-hybridized carbons (Fsp3) is 0.125. The van der Waals surface area contributed by atoms with Crippen LogP contribution in [0, 0.1) is 0 Å². The second-order valence-electron chi connectivity index (χ2n) is 4.77. The molecular weight excluding hydrogens is 310 g/mol. The lowest BCUT2D eigenvalue weighted by molar-refractivity contribution is 0.102. The van der Waals surface area contributed by atoms with Crippen LogP contribution in [0.4, 0.5) is 5.82 Å². The number of thioether (sulfide) groups is 1. The van der Waals surface area contributed by atoms with Gasteiger partial charge in [0.1, 0.15) is 11.5 Å². The Bertz CT molecular complexity index is 804. The number of carbonyl (C=O) groups excluding carboxylic acids is 1. The molecule has 0 aliphatic carbocycles. The molecule has 0 radical (unpaired) electrons. The molecule has 0 fully saturated rings. The van der Waals surface area contributed by atoms with E-state index < -0.39 is 0 Å². The van der Waals surface area contributed by atoms with Gasteiger partial charge in [-0.2, -0.15) is 16.9 Å². The van der Waals surface area contributed by atoms with E-state index in [0.29, 0.717) is 17.3 Å². The molecule has 1 N–H and O–H groups in total. The molecule has 3 heterocycles. The van der Waals surface area contributed by atoms with Gasteiger partial charge in [0, 0.05) is 24.3 Å². The van der Waals surface area contributed by atoms with Gasteiger partial charge in [0.25, 0.3) is 5.91 Å². The molecule has 0 spiro atoms. The van der Waals surface area contributed by atoms with Crippen LogP contribution in [-0.4, -0.2) is 31.9 Å². The van der Waals surface area contributed by atoms with Crippen LogP contribution < -0.4 is 5.32 Å². The van der Waals surface area contributed by atoms with E-state index in [9.17, 15) is 4.79 Å². The normalized spacial score (nSPS) is 10.5. The third kappa shape index (κ3) is 3.75. The summed E-state index contributed by atoms with van der Waals surface area (Å²) in [6.45, 7) is 0. The van der Waals surface area contributed by atoms with Gasteiger partial charge in [-0.3, -0.25) is 4.79 Å². The summed E-state index contributed by atoms with van der Waals surface area (Å²) in [5.41, 5.74) is 1.43. The van der Waals surface area contributed by atoms with Crippen LogP contribution >= 0.6 is 11.8 Å². The number of nitrogens with zero attached hydrogens (tertiary/aromatic N) is 4. The number of hydrogen-bond donors (Lipinski definition) is 1. The third-order valence-electron chi connectivity index (χ3n) is 3.08. The van der Waals surface area contributed by atoms with Crippen molar-refractivity contribution >= 4 is 23.5 Å². The summed E-state index contributed by atoms with van der Waals surface area (Å²) in [6.07, 6.45) is 7.16. The maximum absolute atomic E-state index is 12.4. The fourth-order valence-electron chi connectivity index (χ4n) is 2.06. The molecule has 3 rings (SSSR count). The third-order valence-corrected chi connectivity index (χ3v) is 3.71. The molecule has 0 atom stereocenters. The predicted octanol–water partition coefficient (Wildman–Crippen LogP) is 2.78. The minimum absolute atomic E-state index is 0.298. The van der Waals surface area contributed by atoms with Crippen molar-refractivity contribution < 1.29 is 4.79 Å². The molecule has 23 heavy (non-hydrogen) atoms. The number of nitrogens with one attached hydrogen (secondary N) is 1. The van der Waals surface area contributed by atoms with Gasteiger partial charge >= 0.3 is 0 Å². The molecule has 7 heteroatoms. The number of rotatable bonds is 5. The number of carbonyl (C=O) groups is 1. The van der Waals surface area contributed by atoms with Crippen LogP contribution in [0.5, 0.6) is 0 Å². The molecular formula is C16H15N5OS. The molecule has 0 saturated carbocycles. The van der Waals surface area contributed by atoms with Gasteiger partial charge in [0.05, 0.1) is 0 Å². The molecule has 3 aromatic heterocycles. The van der Waals surface area contributed by atoms with Crippen molar-refractivity contribution in [3.63, 3.8) is 0 Å². The lowest BCUT2D eigenvalue weighted by Gasteiger charge is -2.07. The first-order valence-corrected chi connectivity index (χ1v) is 8.38. The second kappa shape index (κ2) is 7.06. The maximum atomic E-state index is 12.4. The zero-order valence-electron chi connectivity index (χ0n) is 12.5. The van der Waals surface area contributed by atoms with Gasteiger partial charge in [-0.15, -0.1) is 0 Å². The lowest BCUT2D eigenvalue weighted by Crippen LogP contribution is -2.15. The summed E-state index contributed by atoms with van der Waals surface area (Å²) in [6, 6.07) is 10.8. The van der Waals surface area contributed by atoms with Gasteiger partial charge in [-0.05, 0) is 42.2 Å². The van der Waals surface area contributed by atoms with Crippen molar-refractivity contribution in [2.24, 2.45) is 0 Å². The minimum Gasteiger partial charge on any atom is -0.305 e.